The number of allylic oxidation sites excluding steroid dienone is 3. The Morgan fingerprint density at radius 2 is 2.31 bits per heavy atom. The van der Waals surface area contributed by atoms with Crippen molar-refractivity contribution in [1.82, 2.24) is 14.5 Å². The fourth-order valence-electron chi connectivity index (χ4n) is 3.42. The molecule has 1 aliphatic carbocycles. The molecule has 2 aromatic heterocycles. The lowest BCUT2D eigenvalue weighted by Gasteiger charge is -2.05. The van der Waals surface area contributed by atoms with Crippen molar-refractivity contribution in [2.45, 2.75) is 40.2 Å². The van der Waals surface area contributed by atoms with E-state index in [1.165, 1.54) is 18.3 Å². The minimum Gasteiger partial charge on any atom is -0.372 e. The zero-order chi connectivity index (χ0) is 23.5. The number of anilines is 1. The third kappa shape index (κ3) is 7.32. The van der Waals surface area contributed by atoms with Gasteiger partial charge < -0.3 is 14.1 Å². The third-order valence-electron chi connectivity index (χ3n) is 5.69. The molecule has 1 saturated carbocycles. The minimum absolute atomic E-state index is 0.0636. The zero-order valence-corrected chi connectivity index (χ0v) is 20.3. The van der Waals surface area contributed by atoms with Gasteiger partial charge in [0.05, 0.1) is 24.4 Å². The van der Waals surface area contributed by atoms with Gasteiger partial charge in [0.2, 0.25) is 0 Å². The molecule has 7 nitrogen and oxygen atoms in total. The second kappa shape index (κ2) is 13.2. The SMILES string of the molecule is C=C/C(=C\C)C1CC1Cn1ccc(C(=O)c2cncnc2NC)c1.CCC(C)COSN. The first-order valence-corrected chi connectivity index (χ1v) is 11.7. The highest BCUT2D eigenvalue weighted by Gasteiger charge is 2.38. The molecule has 3 rings (SSSR count). The maximum absolute atomic E-state index is 12.7. The number of hydrogen-bond donors (Lipinski definition) is 2. The Morgan fingerprint density at radius 3 is 2.94 bits per heavy atom. The molecule has 1 fully saturated rings. The molecule has 0 amide bonds. The molecule has 1 aliphatic rings. The van der Waals surface area contributed by atoms with Crippen molar-refractivity contribution in [1.29, 1.82) is 0 Å². The number of hydrogen-bond acceptors (Lipinski definition) is 7. The van der Waals surface area contributed by atoms with Crippen molar-refractivity contribution < 1.29 is 8.98 Å². The summed E-state index contributed by atoms with van der Waals surface area (Å²) in [4.78, 5) is 20.7. The van der Waals surface area contributed by atoms with Gasteiger partial charge in [0.1, 0.15) is 12.1 Å². The summed E-state index contributed by atoms with van der Waals surface area (Å²) in [6, 6.07) is 1.86. The van der Waals surface area contributed by atoms with Gasteiger partial charge in [0.15, 0.2) is 5.78 Å². The molecule has 2 aromatic rings. The Bertz CT molecular complexity index is 911. The first kappa shape index (κ1) is 25.8. The highest BCUT2D eigenvalue weighted by molar-refractivity contribution is 7.92. The number of carbonyl (C=O) groups excluding carboxylic acids is 1. The number of rotatable bonds is 11. The van der Waals surface area contributed by atoms with Crippen LogP contribution in [0.25, 0.3) is 0 Å². The molecule has 3 unspecified atom stereocenters. The monoisotopic (exact) mass is 457 g/mol. The summed E-state index contributed by atoms with van der Waals surface area (Å²) in [7, 11) is 1.75. The molecule has 0 spiro atoms. The van der Waals surface area contributed by atoms with Crippen LogP contribution in [0.1, 0.15) is 49.5 Å². The molecule has 0 aromatic carbocycles. The van der Waals surface area contributed by atoms with Gasteiger partial charge in [-0.25, -0.2) is 9.97 Å². The number of aromatic nitrogens is 3. The molecule has 174 valence electrons. The zero-order valence-electron chi connectivity index (χ0n) is 19.5. The molecule has 2 heterocycles. The number of nitrogens with one attached hydrogen (secondary N) is 1. The van der Waals surface area contributed by atoms with E-state index < -0.39 is 0 Å². The largest absolute Gasteiger partial charge is 0.372 e. The summed E-state index contributed by atoms with van der Waals surface area (Å²) in [5.41, 5.74) is 2.47. The van der Waals surface area contributed by atoms with Crippen molar-refractivity contribution in [2.24, 2.45) is 22.9 Å². The molecule has 3 atom stereocenters. The van der Waals surface area contributed by atoms with Crippen LogP contribution in [-0.4, -0.2) is 34.0 Å². The molecule has 32 heavy (non-hydrogen) atoms. The number of carbonyl (C=O) groups is 1. The van der Waals surface area contributed by atoms with Crippen LogP contribution in [0.3, 0.4) is 0 Å². The lowest BCUT2D eigenvalue weighted by Crippen LogP contribution is -2.07. The molecular weight excluding hydrogens is 422 g/mol. The lowest BCUT2D eigenvalue weighted by molar-refractivity contribution is 0.103. The molecule has 0 aliphatic heterocycles. The van der Waals surface area contributed by atoms with Crippen LogP contribution in [0.15, 0.2) is 55.3 Å². The standard InChI is InChI=1S/C19H22N4O.C5H13NOS/c1-4-13(5-2)16-8-15(16)11-23-7-6-14(10-23)18(24)17-9-21-12-22-19(17)20-3;1-3-5(2)4-7-8-6/h4-7,9-10,12,15-16H,1,8,11H2,2-3H3,(H,20,21,22);5H,3-4,6H2,1-2H3/b13-5+;. The molecule has 3 N–H and O–H groups in total. The first-order chi connectivity index (χ1) is 15.5. The fraction of sp³-hybridized carbons (Fsp3) is 0.458. The lowest BCUT2D eigenvalue weighted by atomic mass is 10.1. The average Bonchev–Trinajstić information content (AvgIpc) is 3.41. The molecule has 0 bridgehead atoms. The first-order valence-electron chi connectivity index (χ1n) is 10.9. The predicted octanol–water partition coefficient (Wildman–Crippen LogP) is 4.89. The van der Waals surface area contributed by atoms with Crippen LogP contribution in [0, 0.1) is 17.8 Å². The maximum atomic E-state index is 12.7. The Labute approximate surface area is 195 Å². The summed E-state index contributed by atoms with van der Waals surface area (Å²) in [5.74, 6) is 2.34. The summed E-state index contributed by atoms with van der Waals surface area (Å²) < 4.78 is 6.97. The van der Waals surface area contributed by atoms with Crippen LogP contribution in [0.5, 0.6) is 0 Å². The van der Waals surface area contributed by atoms with Crippen molar-refractivity contribution in [3.63, 3.8) is 0 Å². The summed E-state index contributed by atoms with van der Waals surface area (Å²) in [5, 5.41) is 7.96. The maximum Gasteiger partial charge on any atom is 0.199 e. The highest BCUT2D eigenvalue weighted by atomic mass is 32.2. The van der Waals surface area contributed by atoms with E-state index in [1.807, 2.05) is 24.5 Å². The Kier molecular flexibility index (Phi) is 10.7. The molecule has 0 saturated heterocycles. The van der Waals surface area contributed by atoms with Crippen molar-refractivity contribution >= 4 is 23.8 Å². The Morgan fingerprint density at radius 1 is 1.53 bits per heavy atom. The summed E-state index contributed by atoms with van der Waals surface area (Å²) in [6.07, 6.45) is 13.3. The van der Waals surface area contributed by atoms with Gasteiger partial charge in [-0.1, -0.05) is 39.0 Å². The van der Waals surface area contributed by atoms with Gasteiger partial charge in [0, 0.05) is 37.7 Å². The Hall–Kier alpha value is -2.42. The second-order valence-electron chi connectivity index (χ2n) is 7.95. The summed E-state index contributed by atoms with van der Waals surface area (Å²) in [6.45, 7) is 11.9. The Balaban J connectivity index is 0.000000390. The highest BCUT2D eigenvalue weighted by Crippen LogP contribution is 2.45. The van der Waals surface area contributed by atoms with E-state index in [2.05, 4.69) is 53.3 Å². The predicted molar refractivity (Wildman–Crippen MR) is 132 cm³/mol. The van der Waals surface area contributed by atoms with E-state index in [1.54, 1.807) is 13.2 Å². The molecular formula is C24H35N5O2S. The number of nitrogens with two attached hydrogens (primary N) is 1. The topological polar surface area (TPSA) is 95.1 Å². The van der Waals surface area contributed by atoms with Crippen LogP contribution in [-0.2, 0) is 10.7 Å². The quantitative estimate of drug-likeness (QED) is 0.215. The van der Waals surface area contributed by atoms with E-state index in [0.717, 1.165) is 31.8 Å². The van der Waals surface area contributed by atoms with Gasteiger partial charge in [0.25, 0.3) is 0 Å². The van der Waals surface area contributed by atoms with Crippen molar-refractivity contribution in [3.05, 3.63) is 66.4 Å². The fourth-order valence-corrected chi connectivity index (χ4v) is 3.74. The minimum atomic E-state index is -0.0636. The van der Waals surface area contributed by atoms with Gasteiger partial charge in [-0.2, -0.15) is 0 Å². The average molecular weight is 458 g/mol. The van der Waals surface area contributed by atoms with Crippen molar-refractivity contribution in [3.8, 4) is 0 Å². The van der Waals surface area contributed by atoms with Gasteiger partial charge in [-0.15, -0.1) is 0 Å². The van der Waals surface area contributed by atoms with Crippen molar-refractivity contribution in [2.75, 3.05) is 19.0 Å². The van der Waals surface area contributed by atoms with Crippen LogP contribution >= 0.6 is 12.2 Å². The molecule has 8 heteroatoms. The van der Waals surface area contributed by atoms with E-state index in [4.69, 9.17) is 9.32 Å². The van der Waals surface area contributed by atoms with Crippen LogP contribution in [0.2, 0.25) is 0 Å². The van der Waals surface area contributed by atoms with E-state index >= 15 is 0 Å². The number of ketones is 1. The van der Waals surface area contributed by atoms with Crippen LogP contribution in [0.4, 0.5) is 5.82 Å². The molecule has 0 radical (unpaired) electrons. The normalized spacial score (nSPS) is 18.3. The van der Waals surface area contributed by atoms with Gasteiger partial charge in [-0.05, 0) is 42.7 Å². The van der Waals surface area contributed by atoms with Gasteiger partial charge in [-0.3, -0.25) is 9.93 Å². The van der Waals surface area contributed by atoms with E-state index in [0.29, 0.717) is 34.7 Å². The third-order valence-corrected chi connectivity index (χ3v) is 5.96. The van der Waals surface area contributed by atoms with Crippen LogP contribution < -0.4 is 10.5 Å². The van der Waals surface area contributed by atoms with E-state index in [9.17, 15) is 4.79 Å². The van der Waals surface area contributed by atoms with E-state index in [-0.39, 0.29) is 5.78 Å². The second-order valence-corrected chi connectivity index (χ2v) is 8.38. The van der Waals surface area contributed by atoms with Gasteiger partial charge >= 0.3 is 0 Å². The number of nitrogens with zero attached hydrogens (tertiary/aromatic N) is 3. The summed E-state index contributed by atoms with van der Waals surface area (Å²) >= 11 is 0.945. The smallest absolute Gasteiger partial charge is 0.199 e.